The Labute approximate surface area is 152 Å². The molecular weight excluding hydrogens is 334 g/mol. The number of aromatic nitrogens is 1. The average molecular weight is 357 g/mol. The van der Waals surface area contributed by atoms with Gasteiger partial charge in [-0.05, 0) is 38.0 Å². The Balaban J connectivity index is 1.54. The summed E-state index contributed by atoms with van der Waals surface area (Å²) in [6.07, 6.45) is 1.08. The normalized spacial score (nSPS) is 16.8. The molecule has 2 heterocycles. The highest BCUT2D eigenvalue weighted by Gasteiger charge is 2.31. The van der Waals surface area contributed by atoms with Crippen molar-refractivity contribution < 1.29 is 18.8 Å². The Kier molecular flexibility index (Phi) is 5.25. The largest absolute Gasteiger partial charge is 0.497 e. The van der Waals surface area contributed by atoms with Crippen LogP contribution in [0.2, 0.25) is 0 Å². The summed E-state index contributed by atoms with van der Waals surface area (Å²) < 4.78 is 10.2. The highest BCUT2D eigenvalue weighted by molar-refractivity contribution is 5.96. The SMILES string of the molecule is COc1ccc(CCN2CC(NC(=O)c3c(C)noc3C)CC2=O)cc1. The molecule has 1 N–H and O–H groups in total. The van der Waals surface area contributed by atoms with Gasteiger partial charge in [0.25, 0.3) is 5.91 Å². The Morgan fingerprint density at radius 3 is 2.69 bits per heavy atom. The molecule has 1 atom stereocenters. The van der Waals surface area contributed by atoms with Gasteiger partial charge in [0.15, 0.2) is 0 Å². The van der Waals surface area contributed by atoms with E-state index >= 15 is 0 Å². The molecule has 7 heteroatoms. The van der Waals surface area contributed by atoms with Crippen LogP contribution in [0.4, 0.5) is 0 Å². The molecule has 1 unspecified atom stereocenters. The maximum Gasteiger partial charge on any atom is 0.257 e. The zero-order valence-electron chi connectivity index (χ0n) is 15.2. The zero-order valence-corrected chi connectivity index (χ0v) is 15.2. The van der Waals surface area contributed by atoms with Gasteiger partial charge in [0, 0.05) is 19.5 Å². The van der Waals surface area contributed by atoms with E-state index in [9.17, 15) is 9.59 Å². The number of aryl methyl sites for hydroxylation is 2. The molecule has 0 bridgehead atoms. The molecule has 26 heavy (non-hydrogen) atoms. The number of nitrogens with zero attached hydrogens (tertiary/aromatic N) is 2. The van der Waals surface area contributed by atoms with Crippen LogP contribution >= 0.6 is 0 Å². The minimum Gasteiger partial charge on any atom is -0.497 e. The molecule has 1 aromatic heterocycles. The fraction of sp³-hybridized carbons (Fsp3) is 0.421. The number of hydrogen-bond donors (Lipinski definition) is 1. The molecule has 1 aromatic carbocycles. The predicted octanol–water partition coefficient (Wildman–Crippen LogP) is 1.87. The van der Waals surface area contributed by atoms with Crippen molar-refractivity contribution in [3.63, 3.8) is 0 Å². The van der Waals surface area contributed by atoms with Crippen LogP contribution in [0.25, 0.3) is 0 Å². The van der Waals surface area contributed by atoms with Crippen LogP contribution in [-0.2, 0) is 11.2 Å². The summed E-state index contributed by atoms with van der Waals surface area (Å²) >= 11 is 0. The second kappa shape index (κ2) is 7.59. The van der Waals surface area contributed by atoms with E-state index < -0.39 is 0 Å². The number of ether oxygens (including phenoxy) is 1. The zero-order chi connectivity index (χ0) is 18.7. The van der Waals surface area contributed by atoms with Crippen LogP contribution in [0.1, 0.15) is 33.8 Å². The fourth-order valence-corrected chi connectivity index (χ4v) is 3.21. The number of nitrogens with one attached hydrogen (secondary N) is 1. The molecule has 1 saturated heterocycles. The summed E-state index contributed by atoms with van der Waals surface area (Å²) in [6, 6.07) is 7.62. The molecule has 1 aliphatic heterocycles. The molecule has 2 aromatic rings. The molecule has 7 nitrogen and oxygen atoms in total. The molecule has 1 fully saturated rings. The van der Waals surface area contributed by atoms with Crippen LogP contribution in [0.15, 0.2) is 28.8 Å². The minimum absolute atomic E-state index is 0.0579. The molecule has 1 aliphatic rings. The lowest BCUT2D eigenvalue weighted by atomic mass is 10.1. The van der Waals surface area contributed by atoms with E-state index in [0.717, 1.165) is 17.7 Å². The lowest BCUT2D eigenvalue weighted by molar-refractivity contribution is -0.127. The number of methoxy groups -OCH3 is 1. The lowest BCUT2D eigenvalue weighted by Gasteiger charge is -2.17. The third kappa shape index (κ3) is 3.87. The van der Waals surface area contributed by atoms with Crippen molar-refractivity contribution in [1.29, 1.82) is 0 Å². The maximum absolute atomic E-state index is 12.4. The van der Waals surface area contributed by atoms with Gasteiger partial charge in [-0.25, -0.2) is 0 Å². The summed E-state index contributed by atoms with van der Waals surface area (Å²) in [6.45, 7) is 4.58. The first kappa shape index (κ1) is 18.0. The summed E-state index contributed by atoms with van der Waals surface area (Å²) in [5.41, 5.74) is 2.15. The summed E-state index contributed by atoms with van der Waals surface area (Å²) in [5.74, 6) is 1.12. The molecule has 3 rings (SSSR count). The fourth-order valence-electron chi connectivity index (χ4n) is 3.21. The molecule has 2 amide bonds. The smallest absolute Gasteiger partial charge is 0.257 e. The highest BCUT2D eigenvalue weighted by Crippen LogP contribution is 2.17. The summed E-state index contributed by atoms with van der Waals surface area (Å²) in [5, 5.41) is 6.71. The maximum atomic E-state index is 12.4. The van der Waals surface area contributed by atoms with Crippen molar-refractivity contribution in [2.75, 3.05) is 20.2 Å². The third-order valence-electron chi connectivity index (χ3n) is 4.64. The van der Waals surface area contributed by atoms with Gasteiger partial charge >= 0.3 is 0 Å². The van der Waals surface area contributed by atoms with Gasteiger partial charge in [0.1, 0.15) is 17.1 Å². The number of carbonyl (C=O) groups excluding carboxylic acids is 2. The van der Waals surface area contributed by atoms with Crippen molar-refractivity contribution in [3.8, 4) is 5.75 Å². The van der Waals surface area contributed by atoms with Crippen LogP contribution < -0.4 is 10.1 Å². The van der Waals surface area contributed by atoms with E-state index in [4.69, 9.17) is 9.26 Å². The van der Waals surface area contributed by atoms with Gasteiger partial charge in [-0.15, -0.1) is 0 Å². The number of carbonyl (C=O) groups is 2. The molecular formula is C19H23N3O4. The molecule has 138 valence electrons. The number of rotatable bonds is 6. The van der Waals surface area contributed by atoms with Gasteiger partial charge in [0.05, 0.1) is 18.8 Å². The first-order valence-corrected chi connectivity index (χ1v) is 8.62. The Morgan fingerprint density at radius 1 is 1.35 bits per heavy atom. The van der Waals surface area contributed by atoms with Crippen molar-refractivity contribution in [2.24, 2.45) is 0 Å². The molecule has 0 radical (unpaired) electrons. The Morgan fingerprint density at radius 2 is 2.08 bits per heavy atom. The molecule has 0 saturated carbocycles. The van der Waals surface area contributed by atoms with Crippen molar-refractivity contribution in [1.82, 2.24) is 15.4 Å². The van der Waals surface area contributed by atoms with Gasteiger partial charge < -0.3 is 19.5 Å². The van der Waals surface area contributed by atoms with E-state index in [-0.39, 0.29) is 17.9 Å². The first-order chi connectivity index (χ1) is 12.5. The topological polar surface area (TPSA) is 84.7 Å². The quantitative estimate of drug-likeness (QED) is 0.853. The van der Waals surface area contributed by atoms with Gasteiger partial charge in [-0.1, -0.05) is 17.3 Å². The van der Waals surface area contributed by atoms with Crippen molar-refractivity contribution >= 4 is 11.8 Å². The van der Waals surface area contributed by atoms with Gasteiger partial charge in [0.2, 0.25) is 5.91 Å². The standard InChI is InChI=1S/C19H23N3O4/c1-12-18(13(2)26-21-12)19(24)20-15-10-17(23)22(11-15)9-8-14-4-6-16(25-3)7-5-14/h4-7,15H,8-11H2,1-3H3,(H,20,24). The van der Waals surface area contributed by atoms with E-state index in [1.54, 1.807) is 25.9 Å². The van der Waals surface area contributed by atoms with Crippen LogP contribution in [0.5, 0.6) is 5.75 Å². The Hall–Kier alpha value is -2.83. The monoisotopic (exact) mass is 357 g/mol. The second-order valence-corrected chi connectivity index (χ2v) is 6.51. The summed E-state index contributed by atoms with van der Waals surface area (Å²) in [7, 11) is 1.63. The average Bonchev–Trinajstić information content (AvgIpc) is 3.14. The van der Waals surface area contributed by atoms with Crippen LogP contribution in [-0.4, -0.2) is 48.1 Å². The van der Waals surface area contributed by atoms with Crippen LogP contribution in [0, 0.1) is 13.8 Å². The van der Waals surface area contributed by atoms with E-state index in [0.29, 0.717) is 36.5 Å². The van der Waals surface area contributed by atoms with Crippen molar-refractivity contribution in [2.45, 2.75) is 32.7 Å². The Bertz CT molecular complexity index is 778. The minimum atomic E-state index is -0.240. The molecule has 0 aliphatic carbocycles. The number of likely N-dealkylation sites (tertiary alicyclic amines) is 1. The van der Waals surface area contributed by atoms with E-state index in [1.165, 1.54) is 0 Å². The third-order valence-corrected chi connectivity index (χ3v) is 4.64. The predicted molar refractivity (Wildman–Crippen MR) is 95.1 cm³/mol. The highest BCUT2D eigenvalue weighted by atomic mass is 16.5. The van der Waals surface area contributed by atoms with Crippen molar-refractivity contribution in [3.05, 3.63) is 46.8 Å². The van der Waals surface area contributed by atoms with Gasteiger partial charge in [-0.2, -0.15) is 0 Å². The lowest BCUT2D eigenvalue weighted by Crippen LogP contribution is -2.37. The molecule has 0 spiro atoms. The number of hydrogen-bond acceptors (Lipinski definition) is 5. The first-order valence-electron chi connectivity index (χ1n) is 8.62. The summed E-state index contributed by atoms with van der Waals surface area (Å²) in [4.78, 5) is 26.4. The van der Waals surface area contributed by atoms with Gasteiger partial charge in [-0.3, -0.25) is 9.59 Å². The second-order valence-electron chi connectivity index (χ2n) is 6.51. The van der Waals surface area contributed by atoms with Crippen LogP contribution in [0.3, 0.4) is 0 Å². The van der Waals surface area contributed by atoms with E-state index in [2.05, 4.69) is 10.5 Å². The number of benzene rings is 1. The van der Waals surface area contributed by atoms with E-state index in [1.807, 2.05) is 24.3 Å². The number of amides is 2.